The molecule has 0 aliphatic carbocycles. The zero-order valence-electron chi connectivity index (χ0n) is 5.69. The first-order valence-electron chi connectivity index (χ1n) is 2.85. The third-order valence-electron chi connectivity index (χ3n) is 0.759. The maximum absolute atomic E-state index is 10.3. The molecule has 0 aromatic rings. The van der Waals surface area contributed by atoms with Crippen molar-refractivity contribution in [1.29, 1.82) is 0 Å². The van der Waals surface area contributed by atoms with Gasteiger partial charge in [-0.2, -0.15) is 0 Å². The average molecular weight is 115 g/mol. The number of carbonyl (C=O) groups is 1. The molecule has 0 radical (unpaired) electrons. The van der Waals surface area contributed by atoms with Crippen LogP contribution in [0.15, 0.2) is 0 Å². The lowest BCUT2D eigenvalue weighted by molar-refractivity contribution is -0.116. The number of rotatable bonds is 3. The van der Waals surface area contributed by atoms with Gasteiger partial charge in [-0.25, -0.2) is 0 Å². The Morgan fingerprint density at radius 3 is 2.25 bits per heavy atom. The molecular formula is C6H13NO. The molecule has 0 unspecified atom stereocenters. The van der Waals surface area contributed by atoms with Crippen LogP contribution in [0.2, 0.25) is 0 Å². The monoisotopic (exact) mass is 115 g/mol. The van der Waals surface area contributed by atoms with Crippen LogP contribution in [0.25, 0.3) is 0 Å². The van der Waals surface area contributed by atoms with Crippen molar-refractivity contribution in [3.8, 4) is 0 Å². The SMILES string of the molecule is CC(=O)CNC(C)C. The van der Waals surface area contributed by atoms with Gasteiger partial charge in [-0.3, -0.25) is 4.79 Å². The van der Waals surface area contributed by atoms with Crippen molar-refractivity contribution in [2.45, 2.75) is 26.8 Å². The summed E-state index contributed by atoms with van der Waals surface area (Å²) in [7, 11) is 0. The molecule has 48 valence electrons. The predicted molar refractivity (Wildman–Crippen MR) is 33.8 cm³/mol. The Bertz CT molecular complexity index is 78.6. The van der Waals surface area contributed by atoms with Gasteiger partial charge >= 0.3 is 0 Å². The van der Waals surface area contributed by atoms with E-state index in [1.54, 1.807) is 6.92 Å². The molecule has 0 amide bonds. The van der Waals surface area contributed by atoms with E-state index in [0.717, 1.165) is 0 Å². The van der Waals surface area contributed by atoms with E-state index in [0.29, 0.717) is 12.6 Å². The van der Waals surface area contributed by atoms with E-state index < -0.39 is 0 Å². The van der Waals surface area contributed by atoms with E-state index in [-0.39, 0.29) is 5.78 Å². The summed E-state index contributed by atoms with van der Waals surface area (Å²) in [6.07, 6.45) is 0. The minimum absolute atomic E-state index is 0.193. The van der Waals surface area contributed by atoms with Gasteiger partial charge in [0, 0.05) is 6.04 Å². The van der Waals surface area contributed by atoms with Gasteiger partial charge in [0.15, 0.2) is 0 Å². The topological polar surface area (TPSA) is 29.1 Å². The predicted octanol–water partition coefficient (Wildman–Crippen LogP) is 0.573. The number of carbonyl (C=O) groups excluding carboxylic acids is 1. The first-order chi connectivity index (χ1) is 3.63. The van der Waals surface area contributed by atoms with E-state index >= 15 is 0 Å². The number of nitrogens with one attached hydrogen (secondary N) is 1. The molecular weight excluding hydrogens is 102 g/mol. The van der Waals surface area contributed by atoms with Crippen LogP contribution in [0.1, 0.15) is 20.8 Å². The lowest BCUT2D eigenvalue weighted by atomic mass is 10.3. The van der Waals surface area contributed by atoms with Crippen molar-refractivity contribution in [1.82, 2.24) is 5.32 Å². The van der Waals surface area contributed by atoms with Gasteiger partial charge in [-0.1, -0.05) is 13.8 Å². The van der Waals surface area contributed by atoms with E-state index in [1.165, 1.54) is 0 Å². The molecule has 0 rings (SSSR count). The summed E-state index contributed by atoms with van der Waals surface area (Å²) < 4.78 is 0. The summed E-state index contributed by atoms with van der Waals surface area (Å²) in [5.74, 6) is 0.193. The van der Waals surface area contributed by atoms with Crippen molar-refractivity contribution in [2.75, 3.05) is 6.54 Å². The van der Waals surface area contributed by atoms with Crippen LogP contribution >= 0.6 is 0 Å². The van der Waals surface area contributed by atoms with Crippen molar-refractivity contribution in [2.24, 2.45) is 0 Å². The fourth-order valence-electron chi connectivity index (χ4n) is 0.348. The standard InChI is InChI=1S/C6H13NO/c1-5(2)7-4-6(3)8/h5,7H,4H2,1-3H3. The molecule has 0 atom stereocenters. The molecule has 0 aromatic heterocycles. The Hall–Kier alpha value is -0.370. The molecule has 0 aromatic carbocycles. The second-order valence-corrected chi connectivity index (χ2v) is 2.24. The minimum Gasteiger partial charge on any atom is -0.308 e. The van der Waals surface area contributed by atoms with Crippen LogP contribution < -0.4 is 5.32 Å². The molecule has 0 spiro atoms. The van der Waals surface area contributed by atoms with Gasteiger partial charge in [0.25, 0.3) is 0 Å². The summed E-state index contributed by atoms with van der Waals surface area (Å²) in [4.78, 5) is 10.3. The maximum Gasteiger partial charge on any atom is 0.143 e. The fraction of sp³-hybridized carbons (Fsp3) is 0.833. The molecule has 0 bridgehead atoms. The molecule has 8 heavy (non-hydrogen) atoms. The summed E-state index contributed by atoms with van der Waals surface area (Å²) in [6.45, 7) is 6.11. The van der Waals surface area contributed by atoms with Crippen molar-refractivity contribution in [3.63, 3.8) is 0 Å². The highest BCUT2D eigenvalue weighted by atomic mass is 16.1. The summed E-state index contributed by atoms with van der Waals surface area (Å²) >= 11 is 0. The average Bonchev–Trinajstić information content (AvgIpc) is 1.61. The van der Waals surface area contributed by atoms with E-state index in [9.17, 15) is 4.79 Å². The third kappa shape index (κ3) is 5.63. The number of hydrogen-bond donors (Lipinski definition) is 1. The summed E-state index contributed by atoms with van der Waals surface area (Å²) in [5.41, 5.74) is 0. The molecule has 0 aliphatic rings. The van der Waals surface area contributed by atoms with Crippen molar-refractivity contribution >= 4 is 5.78 Å². The third-order valence-corrected chi connectivity index (χ3v) is 0.759. The lowest BCUT2D eigenvalue weighted by Gasteiger charge is -2.03. The quantitative estimate of drug-likeness (QED) is 0.582. The van der Waals surface area contributed by atoms with Crippen LogP contribution in [0.4, 0.5) is 0 Å². The second-order valence-electron chi connectivity index (χ2n) is 2.24. The van der Waals surface area contributed by atoms with E-state index in [4.69, 9.17) is 0 Å². The highest BCUT2D eigenvalue weighted by molar-refractivity contribution is 5.77. The van der Waals surface area contributed by atoms with E-state index in [2.05, 4.69) is 5.32 Å². The highest BCUT2D eigenvalue weighted by Gasteiger charge is 1.92. The first kappa shape index (κ1) is 7.63. The van der Waals surface area contributed by atoms with Crippen LogP contribution in [0, 0.1) is 0 Å². The molecule has 1 N–H and O–H groups in total. The molecule has 0 fully saturated rings. The molecule has 0 aliphatic heterocycles. The van der Waals surface area contributed by atoms with Crippen LogP contribution in [-0.4, -0.2) is 18.4 Å². The maximum atomic E-state index is 10.3. The molecule has 2 nitrogen and oxygen atoms in total. The molecule has 0 saturated carbocycles. The van der Waals surface area contributed by atoms with Crippen LogP contribution in [0.3, 0.4) is 0 Å². The van der Waals surface area contributed by atoms with Crippen molar-refractivity contribution < 1.29 is 4.79 Å². The Morgan fingerprint density at radius 2 is 2.12 bits per heavy atom. The molecule has 2 heteroatoms. The molecule has 0 saturated heterocycles. The zero-order chi connectivity index (χ0) is 6.57. The summed E-state index contributed by atoms with van der Waals surface area (Å²) in [5, 5.41) is 3.00. The molecule has 0 heterocycles. The van der Waals surface area contributed by atoms with E-state index in [1.807, 2.05) is 13.8 Å². The first-order valence-corrected chi connectivity index (χ1v) is 2.85. The summed E-state index contributed by atoms with van der Waals surface area (Å²) in [6, 6.07) is 0.416. The van der Waals surface area contributed by atoms with Gasteiger partial charge < -0.3 is 5.32 Å². The van der Waals surface area contributed by atoms with Gasteiger partial charge in [0.05, 0.1) is 6.54 Å². The Labute approximate surface area is 50.3 Å². The second kappa shape index (κ2) is 3.61. The van der Waals surface area contributed by atoms with Gasteiger partial charge in [-0.05, 0) is 6.92 Å². The smallest absolute Gasteiger partial charge is 0.143 e. The minimum atomic E-state index is 0.193. The largest absolute Gasteiger partial charge is 0.308 e. The number of hydrogen-bond acceptors (Lipinski definition) is 2. The fourth-order valence-corrected chi connectivity index (χ4v) is 0.348. The van der Waals surface area contributed by atoms with Crippen LogP contribution in [0.5, 0.6) is 0 Å². The number of Topliss-reactive ketones (excluding diaryl/α,β-unsaturated/α-hetero) is 1. The van der Waals surface area contributed by atoms with Crippen LogP contribution in [-0.2, 0) is 4.79 Å². The Kier molecular flexibility index (Phi) is 3.44. The Morgan fingerprint density at radius 1 is 1.62 bits per heavy atom. The highest BCUT2D eigenvalue weighted by Crippen LogP contribution is 1.74. The van der Waals surface area contributed by atoms with Gasteiger partial charge in [0.1, 0.15) is 5.78 Å². The number of ketones is 1. The Balaban J connectivity index is 3.05. The van der Waals surface area contributed by atoms with Crippen molar-refractivity contribution in [3.05, 3.63) is 0 Å². The normalized spacial score (nSPS) is 10.0. The zero-order valence-corrected chi connectivity index (χ0v) is 5.69. The lowest BCUT2D eigenvalue weighted by Crippen LogP contribution is -2.27. The van der Waals surface area contributed by atoms with Gasteiger partial charge in [0.2, 0.25) is 0 Å². The van der Waals surface area contributed by atoms with Gasteiger partial charge in [-0.15, -0.1) is 0 Å².